The standard InChI is InChI=1S/C18H21F3N2O2/c1-3-16(24)15-7-4-10(2)23(15)11-5-6-14-12(8-11)13(18(19,20)21)9-17(25)22-14/h5-6,8-10,15-16,24H,3-4,7H2,1-2H3,(H,22,25)/t10-,15+,16-/m0/s1. The molecule has 1 fully saturated rings. The molecule has 2 aromatic rings. The van der Waals surface area contributed by atoms with Crippen molar-refractivity contribution in [3.8, 4) is 0 Å². The SMILES string of the molecule is CC[C@H](O)[C@H]1CC[C@H](C)N1c1ccc2[nH]c(=O)cc(C(F)(F)F)c2c1. The predicted octanol–water partition coefficient (Wildman–Crippen LogP) is 3.68. The Kier molecular flexibility index (Phi) is 4.53. The van der Waals surface area contributed by atoms with Crippen molar-refractivity contribution in [1.29, 1.82) is 0 Å². The first-order chi connectivity index (χ1) is 11.7. The Labute approximate surface area is 143 Å². The van der Waals surface area contributed by atoms with Crippen molar-refractivity contribution in [1.82, 2.24) is 4.98 Å². The highest BCUT2D eigenvalue weighted by Gasteiger charge is 2.36. The fraction of sp³-hybridized carbons (Fsp3) is 0.500. The van der Waals surface area contributed by atoms with Crippen LogP contribution in [0.15, 0.2) is 29.1 Å². The van der Waals surface area contributed by atoms with E-state index in [1.807, 2.05) is 18.7 Å². The van der Waals surface area contributed by atoms with Gasteiger partial charge in [-0.3, -0.25) is 4.79 Å². The summed E-state index contributed by atoms with van der Waals surface area (Å²) < 4.78 is 40.0. The number of benzene rings is 1. The van der Waals surface area contributed by atoms with Crippen LogP contribution >= 0.6 is 0 Å². The highest BCUT2D eigenvalue weighted by molar-refractivity contribution is 5.86. The summed E-state index contributed by atoms with van der Waals surface area (Å²) in [6, 6.07) is 5.27. The first-order valence-corrected chi connectivity index (χ1v) is 8.43. The molecule has 3 rings (SSSR count). The minimum absolute atomic E-state index is 0.0339. The number of hydrogen-bond acceptors (Lipinski definition) is 3. The Hall–Kier alpha value is -2.02. The van der Waals surface area contributed by atoms with Crippen molar-refractivity contribution in [2.75, 3.05) is 4.90 Å². The van der Waals surface area contributed by atoms with Gasteiger partial charge in [0.2, 0.25) is 5.56 Å². The van der Waals surface area contributed by atoms with E-state index in [1.165, 1.54) is 12.1 Å². The minimum atomic E-state index is -4.61. The Morgan fingerprint density at radius 1 is 1.32 bits per heavy atom. The second-order valence-electron chi connectivity index (χ2n) is 6.65. The summed E-state index contributed by atoms with van der Waals surface area (Å²) in [5.41, 5.74) is -0.926. The average molecular weight is 354 g/mol. The lowest BCUT2D eigenvalue weighted by molar-refractivity contribution is -0.136. The molecule has 1 aromatic carbocycles. The number of fused-ring (bicyclic) bond motifs is 1. The molecule has 1 saturated heterocycles. The number of aromatic amines is 1. The number of aliphatic hydroxyl groups excluding tert-OH is 1. The number of alkyl halides is 3. The Morgan fingerprint density at radius 2 is 2.04 bits per heavy atom. The number of pyridine rings is 1. The molecule has 0 bridgehead atoms. The molecular formula is C18H21F3N2O2. The molecule has 25 heavy (non-hydrogen) atoms. The Balaban J connectivity index is 2.15. The average Bonchev–Trinajstić information content (AvgIpc) is 2.93. The smallest absolute Gasteiger partial charge is 0.391 e. The minimum Gasteiger partial charge on any atom is -0.391 e. The Morgan fingerprint density at radius 3 is 2.68 bits per heavy atom. The zero-order valence-corrected chi connectivity index (χ0v) is 14.1. The second-order valence-corrected chi connectivity index (χ2v) is 6.65. The van der Waals surface area contributed by atoms with E-state index in [1.54, 1.807) is 6.07 Å². The number of aromatic nitrogens is 1. The molecule has 136 valence electrons. The molecule has 0 saturated carbocycles. The van der Waals surface area contributed by atoms with E-state index in [0.29, 0.717) is 18.2 Å². The molecule has 1 aromatic heterocycles. The number of H-pyrrole nitrogens is 1. The maximum atomic E-state index is 13.3. The van der Waals surface area contributed by atoms with Gasteiger partial charge in [0.15, 0.2) is 0 Å². The van der Waals surface area contributed by atoms with Crippen molar-refractivity contribution in [2.45, 2.75) is 57.5 Å². The quantitative estimate of drug-likeness (QED) is 0.884. The summed E-state index contributed by atoms with van der Waals surface area (Å²) in [6.07, 6.45) is -2.88. The maximum Gasteiger partial charge on any atom is 0.417 e. The van der Waals surface area contributed by atoms with Crippen molar-refractivity contribution in [3.05, 3.63) is 40.2 Å². The van der Waals surface area contributed by atoms with Gasteiger partial charge in [0, 0.05) is 28.7 Å². The van der Waals surface area contributed by atoms with E-state index in [0.717, 1.165) is 12.8 Å². The van der Waals surface area contributed by atoms with Crippen molar-refractivity contribution < 1.29 is 18.3 Å². The lowest BCUT2D eigenvalue weighted by Gasteiger charge is -2.33. The summed E-state index contributed by atoms with van der Waals surface area (Å²) in [5.74, 6) is 0. The number of aliphatic hydroxyl groups is 1. The number of anilines is 1. The molecule has 0 radical (unpaired) electrons. The van der Waals surface area contributed by atoms with E-state index < -0.39 is 23.4 Å². The number of halogens is 3. The molecule has 0 amide bonds. The molecule has 7 heteroatoms. The van der Waals surface area contributed by atoms with Gasteiger partial charge in [-0.15, -0.1) is 0 Å². The summed E-state index contributed by atoms with van der Waals surface area (Å²) in [7, 11) is 0. The molecule has 1 aliphatic heterocycles. The van der Waals surface area contributed by atoms with Crippen LogP contribution in [0.3, 0.4) is 0 Å². The fourth-order valence-electron chi connectivity index (χ4n) is 3.75. The summed E-state index contributed by atoms with van der Waals surface area (Å²) in [5, 5.41) is 10.2. The van der Waals surface area contributed by atoms with Gasteiger partial charge >= 0.3 is 6.18 Å². The van der Waals surface area contributed by atoms with Crippen LogP contribution in [-0.2, 0) is 6.18 Å². The van der Waals surface area contributed by atoms with Crippen LogP contribution in [0.25, 0.3) is 10.9 Å². The fourth-order valence-corrected chi connectivity index (χ4v) is 3.75. The second kappa shape index (κ2) is 6.37. The zero-order chi connectivity index (χ0) is 18.4. The highest BCUT2D eigenvalue weighted by Crippen LogP contribution is 2.38. The number of rotatable bonds is 3. The molecule has 3 atom stereocenters. The van der Waals surface area contributed by atoms with Gasteiger partial charge in [-0.05, 0) is 44.4 Å². The first kappa shape index (κ1) is 17.8. The largest absolute Gasteiger partial charge is 0.417 e. The topological polar surface area (TPSA) is 56.3 Å². The molecule has 4 nitrogen and oxygen atoms in total. The van der Waals surface area contributed by atoms with Crippen molar-refractivity contribution in [2.24, 2.45) is 0 Å². The van der Waals surface area contributed by atoms with Gasteiger partial charge < -0.3 is 15.0 Å². The number of nitrogens with one attached hydrogen (secondary N) is 1. The lowest BCUT2D eigenvalue weighted by atomic mass is 10.0. The van der Waals surface area contributed by atoms with E-state index in [4.69, 9.17) is 0 Å². The van der Waals surface area contributed by atoms with E-state index in [9.17, 15) is 23.1 Å². The molecule has 0 unspecified atom stereocenters. The van der Waals surface area contributed by atoms with Crippen LogP contribution in [0.2, 0.25) is 0 Å². The van der Waals surface area contributed by atoms with Crippen molar-refractivity contribution in [3.63, 3.8) is 0 Å². The summed E-state index contributed by atoms with van der Waals surface area (Å²) >= 11 is 0. The van der Waals surface area contributed by atoms with Crippen LogP contribution < -0.4 is 10.5 Å². The van der Waals surface area contributed by atoms with E-state index in [-0.39, 0.29) is 23.0 Å². The first-order valence-electron chi connectivity index (χ1n) is 8.43. The lowest BCUT2D eigenvalue weighted by Crippen LogP contribution is -2.42. The molecule has 0 aliphatic carbocycles. The van der Waals surface area contributed by atoms with Gasteiger partial charge in [-0.1, -0.05) is 6.92 Å². The van der Waals surface area contributed by atoms with Crippen LogP contribution in [0.4, 0.5) is 18.9 Å². The van der Waals surface area contributed by atoms with Crippen LogP contribution in [0.1, 0.15) is 38.7 Å². The third-order valence-corrected chi connectivity index (χ3v) is 5.00. The van der Waals surface area contributed by atoms with E-state index >= 15 is 0 Å². The highest BCUT2D eigenvalue weighted by atomic mass is 19.4. The molecule has 0 spiro atoms. The third kappa shape index (κ3) is 3.25. The van der Waals surface area contributed by atoms with Gasteiger partial charge in [-0.2, -0.15) is 13.2 Å². The molecule has 2 heterocycles. The maximum absolute atomic E-state index is 13.3. The molecule has 2 N–H and O–H groups in total. The van der Waals surface area contributed by atoms with Crippen molar-refractivity contribution >= 4 is 16.6 Å². The van der Waals surface area contributed by atoms with Crippen LogP contribution in [0.5, 0.6) is 0 Å². The monoisotopic (exact) mass is 354 g/mol. The predicted molar refractivity (Wildman–Crippen MR) is 90.8 cm³/mol. The zero-order valence-electron chi connectivity index (χ0n) is 14.1. The summed E-state index contributed by atoms with van der Waals surface area (Å²) in [6.45, 7) is 3.89. The van der Waals surface area contributed by atoms with E-state index in [2.05, 4.69) is 4.98 Å². The van der Waals surface area contributed by atoms with Gasteiger partial charge in [0.25, 0.3) is 0 Å². The normalized spacial score (nSPS) is 22.6. The number of hydrogen-bond donors (Lipinski definition) is 2. The van der Waals surface area contributed by atoms with Crippen LogP contribution in [-0.4, -0.2) is 28.3 Å². The summed E-state index contributed by atoms with van der Waals surface area (Å²) in [4.78, 5) is 16.0. The van der Waals surface area contributed by atoms with Crippen LogP contribution in [0, 0.1) is 0 Å². The van der Waals surface area contributed by atoms with Gasteiger partial charge in [0.05, 0.1) is 17.7 Å². The third-order valence-electron chi connectivity index (χ3n) is 5.00. The van der Waals surface area contributed by atoms with Gasteiger partial charge in [0.1, 0.15) is 0 Å². The van der Waals surface area contributed by atoms with Gasteiger partial charge in [-0.25, -0.2) is 0 Å². The number of nitrogens with zero attached hydrogens (tertiary/aromatic N) is 1. The molecular weight excluding hydrogens is 333 g/mol. The Bertz CT molecular complexity index is 831. The molecule has 1 aliphatic rings.